The van der Waals surface area contributed by atoms with E-state index in [4.69, 9.17) is 0 Å². The van der Waals surface area contributed by atoms with Crippen molar-refractivity contribution < 1.29 is 4.79 Å². The molecule has 1 aromatic heterocycles. The van der Waals surface area contributed by atoms with E-state index in [0.717, 1.165) is 31.9 Å². The van der Waals surface area contributed by atoms with Crippen LogP contribution in [0.5, 0.6) is 0 Å². The summed E-state index contributed by atoms with van der Waals surface area (Å²) in [5.41, 5.74) is 0. The molecule has 0 spiro atoms. The third kappa shape index (κ3) is 3.15. The molecule has 0 aliphatic carbocycles. The van der Waals surface area contributed by atoms with Gasteiger partial charge in [-0.25, -0.2) is 9.97 Å². The lowest BCUT2D eigenvalue weighted by Crippen LogP contribution is -2.45. The molecule has 5 nitrogen and oxygen atoms in total. The molecule has 1 amide bonds. The van der Waals surface area contributed by atoms with Crippen LogP contribution in [0, 0.1) is 0 Å². The van der Waals surface area contributed by atoms with Gasteiger partial charge in [-0.15, -0.1) is 0 Å². The molecule has 0 atom stereocenters. The van der Waals surface area contributed by atoms with Gasteiger partial charge in [-0.05, 0) is 18.9 Å². The molecule has 1 saturated heterocycles. The monoisotopic (exact) mass is 234 g/mol. The normalized spacial score (nSPS) is 16.9. The van der Waals surface area contributed by atoms with Gasteiger partial charge in [0.25, 0.3) is 0 Å². The maximum Gasteiger partial charge on any atom is 0.225 e. The maximum absolute atomic E-state index is 11.3. The zero-order valence-corrected chi connectivity index (χ0v) is 10.1. The fraction of sp³-hybridized carbons (Fsp3) is 0.583. The fourth-order valence-corrected chi connectivity index (χ4v) is 2.01. The standard InChI is InChI=1S/C12H18N4O/c1-2-11(17)15-10-4-8-16(9-5-10)12-13-6-3-7-14-12/h3,6-7,10H,2,4-5,8-9H2,1H3,(H,15,17). The quantitative estimate of drug-likeness (QED) is 0.846. The SMILES string of the molecule is CCC(=O)NC1CCN(c2ncccn2)CC1. The molecular weight excluding hydrogens is 216 g/mol. The van der Waals surface area contributed by atoms with Crippen molar-refractivity contribution in [3.63, 3.8) is 0 Å². The molecule has 0 saturated carbocycles. The van der Waals surface area contributed by atoms with E-state index in [2.05, 4.69) is 20.2 Å². The van der Waals surface area contributed by atoms with Crippen LogP contribution in [0.4, 0.5) is 5.95 Å². The van der Waals surface area contributed by atoms with Crippen molar-refractivity contribution in [3.05, 3.63) is 18.5 Å². The van der Waals surface area contributed by atoms with Crippen LogP contribution in [-0.2, 0) is 4.79 Å². The summed E-state index contributed by atoms with van der Waals surface area (Å²) in [6.45, 7) is 3.68. The first-order valence-corrected chi connectivity index (χ1v) is 6.11. The van der Waals surface area contributed by atoms with Crippen LogP contribution in [0.2, 0.25) is 0 Å². The maximum atomic E-state index is 11.3. The van der Waals surface area contributed by atoms with Crippen molar-refractivity contribution in [1.82, 2.24) is 15.3 Å². The van der Waals surface area contributed by atoms with Gasteiger partial charge in [0.1, 0.15) is 0 Å². The Morgan fingerprint density at radius 2 is 2.06 bits per heavy atom. The molecule has 17 heavy (non-hydrogen) atoms. The minimum absolute atomic E-state index is 0.138. The minimum atomic E-state index is 0.138. The van der Waals surface area contributed by atoms with Gasteiger partial charge in [0, 0.05) is 37.9 Å². The smallest absolute Gasteiger partial charge is 0.225 e. The number of piperidine rings is 1. The van der Waals surface area contributed by atoms with E-state index in [1.807, 2.05) is 13.0 Å². The molecule has 1 N–H and O–H groups in total. The van der Waals surface area contributed by atoms with Crippen molar-refractivity contribution >= 4 is 11.9 Å². The highest BCUT2D eigenvalue weighted by Crippen LogP contribution is 2.15. The lowest BCUT2D eigenvalue weighted by atomic mass is 10.1. The highest BCUT2D eigenvalue weighted by molar-refractivity contribution is 5.75. The Kier molecular flexibility index (Phi) is 3.90. The van der Waals surface area contributed by atoms with Crippen molar-refractivity contribution in [2.24, 2.45) is 0 Å². The molecule has 0 unspecified atom stereocenters. The summed E-state index contributed by atoms with van der Waals surface area (Å²) in [7, 11) is 0. The number of carbonyl (C=O) groups is 1. The number of hydrogen-bond acceptors (Lipinski definition) is 4. The number of nitrogens with zero attached hydrogens (tertiary/aromatic N) is 3. The Hall–Kier alpha value is -1.65. The molecule has 0 bridgehead atoms. The summed E-state index contributed by atoms with van der Waals surface area (Å²) >= 11 is 0. The summed E-state index contributed by atoms with van der Waals surface area (Å²) in [6.07, 6.45) is 6.00. The third-order valence-corrected chi connectivity index (χ3v) is 3.02. The van der Waals surface area contributed by atoms with Crippen LogP contribution in [0.3, 0.4) is 0 Å². The van der Waals surface area contributed by atoms with Gasteiger partial charge in [0.15, 0.2) is 0 Å². The summed E-state index contributed by atoms with van der Waals surface area (Å²) in [5.74, 6) is 0.923. The van der Waals surface area contributed by atoms with Crippen LogP contribution in [-0.4, -0.2) is 35.0 Å². The second kappa shape index (κ2) is 5.61. The van der Waals surface area contributed by atoms with Gasteiger partial charge in [0.2, 0.25) is 11.9 Å². The lowest BCUT2D eigenvalue weighted by molar-refractivity contribution is -0.121. The first-order valence-electron chi connectivity index (χ1n) is 6.11. The Labute approximate surface area is 101 Å². The number of aromatic nitrogens is 2. The lowest BCUT2D eigenvalue weighted by Gasteiger charge is -2.32. The number of nitrogens with one attached hydrogen (secondary N) is 1. The topological polar surface area (TPSA) is 58.1 Å². The van der Waals surface area contributed by atoms with E-state index in [1.165, 1.54) is 0 Å². The first kappa shape index (κ1) is 11.8. The first-order chi connectivity index (χ1) is 8.29. The van der Waals surface area contributed by atoms with E-state index < -0.39 is 0 Å². The van der Waals surface area contributed by atoms with E-state index >= 15 is 0 Å². The third-order valence-electron chi connectivity index (χ3n) is 3.02. The molecule has 2 heterocycles. The largest absolute Gasteiger partial charge is 0.353 e. The Morgan fingerprint density at radius 1 is 1.41 bits per heavy atom. The summed E-state index contributed by atoms with van der Waals surface area (Å²) in [4.78, 5) is 21.9. The number of hydrogen-bond donors (Lipinski definition) is 1. The number of carbonyl (C=O) groups excluding carboxylic acids is 1. The number of amides is 1. The molecule has 0 aromatic carbocycles. The number of rotatable bonds is 3. The predicted octanol–water partition coefficient (Wildman–Crippen LogP) is 0.972. The van der Waals surface area contributed by atoms with Crippen LogP contribution in [0.25, 0.3) is 0 Å². The predicted molar refractivity (Wildman–Crippen MR) is 65.7 cm³/mol. The molecule has 0 radical (unpaired) electrons. The second-order valence-electron chi connectivity index (χ2n) is 4.23. The molecule has 1 aliphatic rings. The van der Waals surface area contributed by atoms with E-state index in [9.17, 15) is 4.79 Å². The highest BCUT2D eigenvalue weighted by atomic mass is 16.1. The molecule has 1 aromatic rings. The van der Waals surface area contributed by atoms with Gasteiger partial charge in [-0.1, -0.05) is 6.92 Å². The molecule has 2 rings (SSSR count). The minimum Gasteiger partial charge on any atom is -0.353 e. The average molecular weight is 234 g/mol. The van der Waals surface area contributed by atoms with E-state index in [1.54, 1.807) is 12.4 Å². The van der Waals surface area contributed by atoms with Gasteiger partial charge in [-0.2, -0.15) is 0 Å². The van der Waals surface area contributed by atoms with Crippen molar-refractivity contribution in [3.8, 4) is 0 Å². The zero-order valence-electron chi connectivity index (χ0n) is 10.1. The Bertz CT molecular complexity index is 360. The fourth-order valence-electron chi connectivity index (χ4n) is 2.01. The van der Waals surface area contributed by atoms with Crippen LogP contribution < -0.4 is 10.2 Å². The van der Waals surface area contributed by atoms with E-state index in [0.29, 0.717) is 12.5 Å². The zero-order chi connectivity index (χ0) is 12.1. The van der Waals surface area contributed by atoms with E-state index in [-0.39, 0.29) is 5.91 Å². The van der Waals surface area contributed by atoms with Crippen molar-refractivity contribution in [2.45, 2.75) is 32.2 Å². The highest BCUT2D eigenvalue weighted by Gasteiger charge is 2.21. The van der Waals surface area contributed by atoms with Gasteiger partial charge in [0.05, 0.1) is 0 Å². The van der Waals surface area contributed by atoms with Gasteiger partial charge >= 0.3 is 0 Å². The van der Waals surface area contributed by atoms with Gasteiger partial charge < -0.3 is 10.2 Å². The summed E-state index contributed by atoms with van der Waals surface area (Å²) < 4.78 is 0. The van der Waals surface area contributed by atoms with Gasteiger partial charge in [-0.3, -0.25) is 4.79 Å². The summed E-state index contributed by atoms with van der Waals surface area (Å²) in [5, 5.41) is 3.03. The molecule has 1 fully saturated rings. The molecular formula is C12H18N4O. The second-order valence-corrected chi connectivity index (χ2v) is 4.23. The molecule has 92 valence electrons. The van der Waals surface area contributed by atoms with Crippen LogP contribution >= 0.6 is 0 Å². The summed E-state index contributed by atoms with van der Waals surface area (Å²) in [6, 6.07) is 2.12. The molecule has 5 heteroatoms. The van der Waals surface area contributed by atoms with Crippen LogP contribution in [0.15, 0.2) is 18.5 Å². The average Bonchev–Trinajstić information content (AvgIpc) is 2.40. The molecule has 1 aliphatic heterocycles. The van der Waals surface area contributed by atoms with Crippen molar-refractivity contribution in [1.29, 1.82) is 0 Å². The van der Waals surface area contributed by atoms with Crippen LogP contribution in [0.1, 0.15) is 26.2 Å². The number of anilines is 1. The Balaban J connectivity index is 1.84. The van der Waals surface area contributed by atoms with Crippen molar-refractivity contribution in [2.75, 3.05) is 18.0 Å². The Morgan fingerprint density at radius 3 is 2.65 bits per heavy atom.